The van der Waals surface area contributed by atoms with Crippen LogP contribution in [0, 0.1) is 34.6 Å². The van der Waals surface area contributed by atoms with Crippen LogP contribution in [-0.2, 0) is 11.2 Å². The van der Waals surface area contributed by atoms with Gasteiger partial charge in [0.15, 0.2) is 0 Å². The van der Waals surface area contributed by atoms with Crippen LogP contribution in [0.5, 0.6) is 0 Å². The maximum absolute atomic E-state index is 13.0. The van der Waals surface area contributed by atoms with Gasteiger partial charge in [0.2, 0.25) is 5.91 Å². The van der Waals surface area contributed by atoms with Crippen LogP contribution in [-0.4, -0.2) is 15.3 Å². The first kappa shape index (κ1) is 19.9. The zero-order chi connectivity index (χ0) is 21.4. The van der Waals surface area contributed by atoms with Gasteiger partial charge in [0.25, 0.3) is 0 Å². The van der Waals surface area contributed by atoms with Crippen LogP contribution < -0.4 is 5.32 Å². The summed E-state index contributed by atoms with van der Waals surface area (Å²) in [5, 5.41) is 3.09. The van der Waals surface area contributed by atoms with Crippen molar-refractivity contribution in [3.05, 3.63) is 88.2 Å². The molecule has 2 aromatic carbocycles. The molecule has 0 saturated carbocycles. The molecule has 0 aliphatic rings. The smallest absolute Gasteiger partial charge is 0.230 e. The topological polar surface area (TPSA) is 46.4 Å². The van der Waals surface area contributed by atoms with Gasteiger partial charge in [-0.05, 0) is 80.6 Å². The van der Waals surface area contributed by atoms with E-state index in [0.717, 1.165) is 45.0 Å². The molecular formula is C26H27N3O. The highest BCUT2D eigenvalue weighted by Gasteiger charge is 2.19. The number of benzene rings is 2. The van der Waals surface area contributed by atoms with Gasteiger partial charge in [-0.1, -0.05) is 30.3 Å². The summed E-state index contributed by atoms with van der Waals surface area (Å²) in [5.41, 5.74) is 10.3. The molecule has 30 heavy (non-hydrogen) atoms. The highest BCUT2D eigenvalue weighted by atomic mass is 16.1. The Balaban J connectivity index is 1.77. The monoisotopic (exact) mass is 397 g/mol. The molecule has 0 atom stereocenters. The molecule has 2 heterocycles. The SMILES string of the molecule is Cc1ccc(C)c(NC(=O)Cc2c(-c3ccc(C)c(C)c3)nc3c(C)cccn23)c1. The lowest BCUT2D eigenvalue weighted by atomic mass is 10.0. The summed E-state index contributed by atoms with van der Waals surface area (Å²) in [5.74, 6) is -0.0444. The molecule has 0 bridgehead atoms. The Morgan fingerprint density at radius 1 is 0.900 bits per heavy atom. The fourth-order valence-corrected chi connectivity index (χ4v) is 3.76. The minimum absolute atomic E-state index is 0.0444. The van der Waals surface area contributed by atoms with Crippen molar-refractivity contribution < 1.29 is 4.79 Å². The highest BCUT2D eigenvalue weighted by Crippen LogP contribution is 2.28. The minimum Gasteiger partial charge on any atom is -0.326 e. The van der Waals surface area contributed by atoms with E-state index in [0.29, 0.717) is 0 Å². The number of hydrogen-bond donors (Lipinski definition) is 1. The van der Waals surface area contributed by atoms with Crippen LogP contribution >= 0.6 is 0 Å². The van der Waals surface area contributed by atoms with Gasteiger partial charge in [0.05, 0.1) is 17.8 Å². The van der Waals surface area contributed by atoms with Gasteiger partial charge in [0.1, 0.15) is 5.65 Å². The van der Waals surface area contributed by atoms with Gasteiger partial charge in [-0.15, -0.1) is 0 Å². The molecule has 4 nitrogen and oxygen atoms in total. The first-order valence-electron chi connectivity index (χ1n) is 10.2. The summed E-state index contributed by atoms with van der Waals surface area (Å²) in [6, 6.07) is 16.5. The second-order valence-electron chi connectivity index (χ2n) is 8.13. The maximum Gasteiger partial charge on any atom is 0.230 e. The number of hydrogen-bond acceptors (Lipinski definition) is 2. The van der Waals surface area contributed by atoms with E-state index in [-0.39, 0.29) is 12.3 Å². The van der Waals surface area contributed by atoms with Crippen LogP contribution in [0.25, 0.3) is 16.9 Å². The second kappa shape index (κ2) is 7.79. The van der Waals surface area contributed by atoms with E-state index in [1.54, 1.807) is 0 Å². The van der Waals surface area contributed by atoms with Crippen LogP contribution in [0.3, 0.4) is 0 Å². The number of aryl methyl sites for hydroxylation is 5. The summed E-state index contributed by atoms with van der Waals surface area (Å²) in [4.78, 5) is 18.0. The number of carbonyl (C=O) groups excluding carboxylic acids is 1. The summed E-state index contributed by atoms with van der Waals surface area (Å²) < 4.78 is 2.04. The van der Waals surface area contributed by atoms with Crippen molar-refractivity contribution in [3.63, 3.8) is 0 Å². The number of aromatic nitrogens is 2. The van der Waals surface area contributed by atoms with Crippen LogP contribution in [0.2, 0.25) is 0 Å². The molecule has 4 aromatic rings. The van der Waals surface area contributed by atoms with Gasteiger partial charge in [-0.3, -0.25) is 4.79 Å². The Bertz CT molecular complexity index is 1270. The Labute approximate surface area is 177 Å². The van der Waals surface area contributed by atoms with Crippen molar-refractivity contribution in [1.82, 2.24) is 9.38 Å². The van der Waals surface area contributed by atoms with Crippen molar-refractivity contribution in [3.8, 4) is 11.3 Å². The average Bonchev–Trinajstić information content (AvgIpc) is 3.07. The fourth-order valence-electron chi connectivity index (χ4n) is 3.76. The van der Waals surface area contributed by atoms with E-state index in [9.17, 15) is 4.79 Å². The number of amides is 1. The third-order valence-electron chi connectivity index (χ3n) is 5.72. The summed E-state index contributed by atoms with van der Waals surface area (Å²) in [7, 11) is 0. The van der Waals surface area contributed by atoms with Gasteiger partial charge in [0, 0.05) is 17.4 Å². The lowest BCUT2D eigenvalue weighted by molar-refractivity contribution is -0.115. The molecule has 0 spiro atoms. The lowest BCUT2D eigenvalue weighted by Crippen LogP contribution is -2.17. The zero-order valence-corrected chi connectivity index (χ0v) is 18.2. The quantitative estimate of drug-likeness (QED) is 0.478. The summed E-state index contributed by atoms with van der Waals surface area (Å²) in [6.45, 7) is 10.3. The van der Waals surface area contributed by atoms with Crippen LogP contribution in [0.1, 0.15) is 33.5 Å². The number of anilines is 1. The molecule has 0 aliphatic carbocycles. The molecule has 0 unspecified atom stereocenters. The predicted molar refractivity (Wildman–Crippen MR) is 123 cm³/mol. The Hall–Kier alpha value is -3.40. The number of carbonyl (C=O) groups is 1. The summed E-state index contributed by atoms with van der Waals surface area (Å²) >= 11 is 0. The minimum atomic E-state index is -0.0444. The number of rotatable bonds is 4. The first-order valence-corrected chi connectivity index (χ1v) is 10.2. The van der Waals surface area contributed by atoms with Crippen molar-refractivity contribution in [1.29, 1.82) is 0 Å². The largest absolute Gasteiger partial charge is 0.326 e. The van der Waals surface area contributed by atoms with Gasteiger partial charge < -0.3 is 9.72 Å². The van der Waals surface area contributed by atoms with E-state index in [2.05, 4.69) is 43.4 Å². The molecular weight excluding hydrogens is 370 g/mol. The molecule has 0 radical (unpaired) electrons. The van der Waals surface area contributed by atoms with E-state index < -0.39 is 0 Å². The molecule has 1 N–H and O–H groups in total. The molecule has 0 saturated heterocycles. The van der Waals surface area contributed by atoms with Crippen molar-refractivity contribution in [2.24, 2.45) is 0 Å². The first-order chi connectivity index (χ1) is 14.3. The van der Waals surface area contributed by atoms with Gasteiger partial charge in [-0.2, -0.15) is 0 Å². The number of nitrogens with zero attached hydrogens (tertiary/aromatic N) is 2. The van der Waals surface area contributed by atoms with E-state index in [1.165, 1.54) is 11.1 Å². The third kappa shape index (κ3) is 3.73. The van der Waals surface area contributed by atoms with Crippen molar-refractivity contribution in [2.75, 3.05) is 5.32 Å². The molecule has 4 heteroatoms. The standard InChI is InChI=1S/C26H27N3O/c1-16-8-9-18(3)22(13-16)27-24(30)15-23-25(21-11-10-17(2)20(5)14-21)28-26-19(4)7-6-12-29(23)26/h6-14H,15H2,1-5H3,(H,27,30). The fraction of sp³-hybridized carbons (Fsp3) is 0.231. The summed E-state index contributed by atoms with van der Waals surface area (Å²) in [6.07, 6.45) is 2.24. The Morgan fingerprint density at radius 3 is 2.43 bits per heavy atom. The lowest BCUT2D eigenvalue weighted by Gasteiger charge is -2.11. The van der Waals surface area contributed by atoms with Gasteiger partial charge >= 0.3 is 0 Å². The number of pyridine rings is 1. The highest BCUT2D eigenvalue weighted by molar-refractivity contribution is 5.94. The van der Waals surface area contributed by atoms with Crippen molar-refractivity contribution in [2.45, 2.75) is 41.0 Å². The Kier molecular flexibility index (Phi) is 5.17. The average molecular weight is 398 g/mol. The maximum atomic E-state index is 13.0. The van der Waals surface area contributed by atoms with E-state index in [4.69, 9.17) is 4.98 Å². The van der Waals surface area contributed by atoms with Gasteiger partial charge in [-0.25, -0.2) is 4.98 Å². The van der Waals surface area contributed by atoms with E-state index in [1.807, 2.05) is 55.6 Å². The second-order valence-corrected chi connectivity index (χ2v) is 8.13. The predicted octanol–water partition coefficient (Wildman–Crippen LogP) is 5.72. The molecule has 152 valence electrons. The molecule has 0 aliphatic heterocycles. The number of fused-ring (bicyclic) bond motifs is 1. The zero-order valence-electron chi connectivity index (χ0n) is 18.2. The molecule has 4 rings (SSSR count). The van der Waals surface area contributed by atoms with E-state index >= 15 is 0 Å². The molecule has 2 aromatic heterocycles. The number of nitrogens with one attached hydrogen (secondary N) is 1. The van der Waals surface area contributed by atoms with Crippen LogP contribution in [0.4, 0.5) is 5.69 Å². The Morgan fingerprint density at radius 2 is 1.67 bits per heavy atom. The number of imidazole rings is 1. The molecule has 0 fully saturated rings. The molecule has 1 amide bonds. The van der Waals surface area contributed by atoms with Crippen molar-refractivity contribution >= 4 is 17.2 Å². The van der Waals surface area contributed by atoms with Crippen LogP contribution in [0.15, 0.2) is 54.7 Å². The normalized spacial score (nSPS) is 11.1. The third-order valence-corrected chi connectivity index (χ3v) is 5.72.